The highest BCUT2D eigenvalue weighted by molar-refractivity contribution is 14.2. The van der Waals surface area contributed by atoms with E-state index < -0.39 is 0 Å². The minimum Gasteiger partial charge on any atom is -0.118 e. The predicted molar refractivity (Wildman–Crippen MR) is 59.6 cm³/mol. The van der Waals surface area contributed by atoms with E-state index in [2.05, 4.69) is 16.2 Å². The van der Waals surface area contributed by atoms with Crippen LogP contribution in [0.15, 0.2) is 23.3 Å². The van der Waals surface area contributed by atoms with Gasteiger partial charge in [-0.25, -0.2) is 0 Å². The van der Waals surface area contributed by atoms with Crippen LogP contribution in [0.2, 0.25) is 0 Å². The van der Waals surface area contributed by atoms with E-state index in [1.165, 1.54) is 30.1 Å². The van der Waals surface area contributed by atoms with Crippen LogP contribution in [0.4, 0.5) is 0 Å². The lowest BCUT2D eigenvalue weighted by Crippen LogP contribution is -1.98. The van der Waals surface area contributed by atoms with Gasteiger partial charge in [-0.1, -0.05) is 12.2 Å². The molecule has 1 aliphatic heterocycles. The van der Waals surface area contributed by atoms with Crippen LogP contribution in [0.5, 0.6) is 0 Å². The molecule has 0 saturated heterocycles. The fourth-order valence-electron chi connectivity index (χ4n) is 1.69. The van der Waals surface area contributed by atoms with Crippen molar-refractivity contribution >= 4 is 24.7 Å². The normalized spacial score (nSPS) is 24.0. The topological polar surface area (TPSA) is 0 Å². The zero-order chi connectivity index (χ0) is 7.52. The molecule has 11 heavy (non-hydrogen) atoms. The zero-order valence-electron chi connectivity index (χ0n) is 6.65. The summed E-state index contributed by atoms with van der Waals surface area (Å²) in [4.78, 5) is 0. The van der Waals surface area contributed by atoms with Gasteiger partial charge in [0.15, 0.2) is 0 Å². The first-order valence-corrected chi connectivity index (χ1v) is 7.03. The van der Waals surface area contributed by atoms with Gasteiger partial charge in [0.1, 0.15) is 0 Å². The fraction of sp³-hybridized carbons (Fsp3) is 0.500. The van der Waals surface area contributed by atoms with E-state index in [1.54, 1.807) is 11.1 Å². The van der Waals surface area contributed by atoms with Crippen molar-refractivity contribution in [3.8, 4) is 0 Å². The Morgan fingerprint density at radius 1 is 1.09 bits per heavy atom. The van der Waals surface area contributed by atoms with E-state index >= 15 is 0 Å². The molecule has 0 nitrogen and oxygen atoms in total. The lowest BCUT2D eigenvalue weighted by molar-refractivity contribution is 0.679. The molecule has 0 atom stereocenters. The maximum Gasteiger partial charge on any atom is 0.0134 e. The Morgan fingerprint density at radius 2 is 1.91 bits per heavy atom. The highest BCUT2D eigenvalue weighted by Gasteiger charge is 2.10. The van der Waals surface area contributed by atoms with Crippen molar-refractivity contribution < 1.29 is 0 Å². The van der Waals surface area contributed by atoms with Crippen LogP contribution < -0.4 is 0 Å². The molecule has 1 saturated carbocycles. The fourth-order valence-corrected chi connectivity index (χ4v) is 3.45. The van der Waals surface area contributed by atoms with Crippen LogP contribution in [0.1, 0.15) is 25.7 Å². The van der Waals surface area contributed by atoms with Crippen LogP contribution in [0.3, 0.4) is 0 Å². The van der Waals surface area contributed by atoms with E-state index in [1.807, 2.05) is 0 Å². The lowest BCUT2D eigenvalue weighted by atomic mass is 9.89. The molecule has 1 aliphatic carbocycles. The summed E-state index contributed by atoms with van der Waals surface area (Å²) in [5.41, 5.74) is 3.32. The molecule has 1 fully saturated rings. The Labute approximate surface area is 78.1 Å². The number of halogens is 1. The minimum absolute atomic E-state index is 0.371. The van der Waals surface area contributed by atoms with Gasteiger partial charge in [-0.3, -0.25) is 0 Å². The summed E-state index contributed by atoms with van der Waals surface area (Å²) < 4.78 is 3.80. The molecular weight excluding hydrogens is 247 g/mol. The summed E-state index contributed by atoms with van der Waals surface area (Å²) in [7, 11) is 0. The van der Waals surface area contributed by atoms with Crippen molar-refractivity contribution in [1.29, 1.82) is 0 Å². The van der Waals surface area contributed by atoms with Crippen molar-refractivity contribution in [2.75, 3.05) is 4.43 Å². The third kappa shape index (κ3) is 1.81. The molecule has 0 aromatic rings. The molecule has 1 heterocycles. The highest BCUT2D eigenvalue weighted by Crippen LogP contribution is 2.29. The van der Waals surface area contributed by atoms with Crippen LogP contribution in [-0.2, 0) is 0 Å². The molecule has 1 heteroatoms. The molecule has 2 aliphatic rings. The van der Waals surface area contributed by atoms with Gasteiger partial charge in [0.2, 0.25) is 0 Å². The number of allylic oxidation sites excluding steroid dienone is 4. The Kier molecular flexibility index (Phi) is 2.56. The second-order valence-corrected chi connectivity index (χ2v) is 5.54. The Morgan fingerprint density at radius 3 is 2.82 bits per heavy atom. The molecule has 0 radical (unpaired) electrons. The number of hydrogen-bond donors (Lipinski definition) is 0. The zero-order valence-corrected chi connectivity index (χ0v) is 8.80. The van der Waals surface area contributed by atoms with Gasteiger partial charge in [0.25, 0.3) is 0 Å². The van der Waals surface area contributed by atoms with E-state index in [-0.39, 0.29) is 0 Å². The summed E-state index contributed by atoms with van der Waals surface area (Å²) in [5, 5.41) is 0. The van der Waals surface area contributed by atoms with Gasteiger partial charge >= 0.3 is 0 Å². The highest BCUT2D eigenvalue weighted by atomic mass is 127. The molecule has 0 bridgehead atoms. The van der Waals surface area contributed by atoms with Crippen molar-refractivity contribution in [3.05, 3.63) is 23.3 Å². The summed E-state index contributed by atoms with van der Waals surface area (Å²) in [6, 6.07) is 0. The van der Waals surface area contributed by atoms with Gasteiger partial charge in [-0.2, -0.15) is 0 Å². The molecule has 2 rings (SSSR count). The van der Waals surface area contributed by atoms with Gasteiger partial charge in [0.05, 0.1) is 0 Å². The number of alkyl halides is 1. The third-order valence-corrected chi connectivity index (χ3v) is 4.14. The lowest BCUT2D eigenvalue weighted by Gasteiger charge is -2.16. The van der Waals surface area contributed by atoms with E-state index in [0.717, 1.165) is 0 Å². The second kappa shape index (κ2) is 3.65. The monoisotopic (exact) mass is 260 g/mol. The molecule has 0 spiro atoms. The first kappa shape index (κ1) is 7.71. The number of fused-ring (bicyclic) bond motifs is 1. The molecule has 0 aromatic heterocycles. The third-order valence-electron chi connectivity index (χ3n) is 2.32. The molecule has 0 aromatic carbocycles. The van der Waals surface area contributed by atoms with Gasteiger partial charge in [0, 0.05) is 4.43 Å². The quantitative estimate of drug-likeness (QED) is 0.463. The summed E-state index contributed by atoms with van der Waals surface area (Å²) >= 11 is 0.371. The first-order valence-electron chi connectivity index (χ1n) is 4.26. The summed E-state index contributed by atoms with van der Waals surface area (Å²) in [6.45, 7) is 0. The van der Waals surface area contributed by atoms with Gasteiger partial charge in [-0.05, 0) is 40.8 Å². The average molecular weight is 260 g/mol. The molecular formula is C10H13I. The maximum atomic E-state index is 2.49. The average Bonchev–Trinajstić information content (AvgIpc) is 2.28. The standard InChI is InChI=1S/C10H13I/c1-2-4-10-6-8-11-7-5-9(10)3-1/h5-7H,1-4,8H2. The molecule has 60 valence electrons. The van der Waals surface area contributed by atoms with Crippen molar-refractivity contribution in [2.45, 2.75) is 25.7 Å². The molecule has 0 amide bonds. The van der Waals surface area contributed by atoms with E-state index in [9.17, 15) is 0 Å². The Balaban J connectivity index is 2.26. The number of hydrogen-bond acceptors (Lipinski definition) is 0. The predicted octanol–water partition coefficient (Wildman–Crippen LogP) is 3.20. The van der Waals surface area contributed by atoms with Gasteiger partial charge < -0.3 is 0 Å². The van der Waals surface area contributed by atoms with Crippen LogP contribution >= 0.6 is 20.7 Å². The van der Waals surface area contributed by atoms with Gasteiger partial charge in [-0.15, -0.1) is 20.7 Å². The second-order valence-electron chi connectivity index (χ2n) is 3.06. The smallest absolute Gasteiger partial charge is 0.0134 e. The van der Waals surface area contributed by atoms with Crippen LogP contribution in [-0.4, -0.2) is 8.44 Å². The van der Waals surface area contributed by atoms with Crippen molar-refractivity contribution in [3.63, 3.8) is 0 Å². The summed E-state index contributed by atoms with van der Waals surface area (Å²) in [6.07, 6.45) is 10.4. The van der Waals surface area contributed by atoms with Crippen molar-refractivity contribution in [1.82, 2.24) is 0 Å². The minimum atomic E-state index is 0.371. The van der Waals surface area contributed by atoms with Crippen LogP contribution in [0, 0.1) is 0 Å². The molecule has 0 N–H and O–H groups in total. The van der Waals surface area contributed by atoms with Crippen molar-refractivity contribution in [2.24, 2.45) is 0 Å². The van der Waals surface area contributed by atoms with E-state index in [0.29, 0.717) is 20.7 Å². The largest absolute Gasteiger partial charge is 0.118 e. The number of rotatable bonds is 0. The molecule has 0 unspecified atom stereocenters. The van der Waals surface area contributed by atoms with E-state index in [4.69, 9.17) is 0 Å². The Bertz CT molecular complexity index is 233. The first-order chi connectivity index (χ1) is 5.47. The SMILES string of the molecule is C1=ICC=C2CCCCC2=C1. The Hall–Kier alpha value is 0.0800. The summed E-state index contributed by atoms with van der Waals surface area (Å²) in [5.74, 6) is 0. The maximum absolute atomic E-state index is 2.49. The van der Waals surface area contributed by atoms with Crippen LogP contribution in [0.25, 0.3) is 0 Å².